The SMILES string of the molecule is Cc1ccc(-n2c3ccccc3c3c4c(ccc32)[Si](C)(C)c2cc(C)ccc2-4)cc1. The molecule has 0 fully saturated rings. The molecule has 30 heavy (non-hydrogen) atoms. The minimum Gasteiger partial charge on any atom is -0.309 e. The fourth-order valence-electron chi connectivity index (χ4n) is 5.37. The van der Waals surface area contributed by atoms with E-state index >= 15 is 0 Å². The fraction of sp³-hybridized carbons (Fsp3) is 0.143. The maximum absolute atomic E-state index is 2.50. The molecule has 0 saturated heterocycles. The van der Waals surface area contributed by atoms with Gasteiger partial charge < -0.3 is 4.57 Å². The van der Waals surface area contributed by atoms with Gasteiger partial charge in [0.1, 0.15) is 8.07 Å². The number of fused-ring (bicyclic) bond motifs is 7. The summed E-state index contributed by atoms with van der Waals surface area (Å²) in [7, 11) is -1.70. The summed E-state index contributed by atoms with van der Waals surface area (Å²) in [5.41, 5.74) is 9.39. The largest absolute Gasteiger partial charge is 0.309 e. The summed E-state index contributed by atoms with van der Waals surface area (Å²) in [6.07, 6.45) is 0. The van der Waals surface area contributed by atoms with Crippen molar-refractivity contribution in [3.05, 3.63) is 90.0 Å². The molecule has 0 spiro atoms. The van der Waals surface area contributed by atoms with E-state index in [-0.39, 0.29) is 0 Å². The zero-order valence-electron chi connectivity index (χ0n) is 18.0. The van der Waals surface area contributed by atoms with Gasteiger partial charge in [0, 0.05) is 16.5 Å². The van der Waals surface area contributed by atoms with Gasteiger partial charge in [0.15, 0.2) is 0 Å². The van der Waals surface area contributed by atoms with Gasteiger partial charge in [0.25, 0.3) is 0 Å². The highest BCUT2D eigenvalue weighted by molar-refractivity contribution is 7.04. The van der Waals surface area contributed by atoms with E-state index in [1.165, 1.54) is 49.7 Å². The summed E-state index contributed by atoms with van der Waals surface area (Å²) in [6.45, 7) is 9.37. The van der Waals surface area contributed by atoms with Gasteiger partial charge in [-0.25, -0.2) is 0 Å². The maximum atomic E-state index is 2.50. The van der Waals surface area contributed by atoms with Crippen molar-refractivity contribution in [2.75, 3.05) is 0 Å². The van der Waals surface area contributed by atoms with E-state index in [4.69, 9.17) is 0 Å². The average Bonchev–Trinajstić information content (AvgIpc) is 3.19. The molecule has 0 bridgehead atoms. The summed E-state index contributed by atoms with van der Waals surface area (Å²) in [6, 6.07) is 29.6. The first-order valence-corrected chi connectivity index (χ1v) is 13.7. The molecule has 2 heteroatoms. The van der Waals surface area contributed by atoms with E-state index in [2.05, 4.69) is 110 Å². The predicted molar refractivity (Wildman–Crippen MR) is 132 cm³/mol. The molecule has 1 nitrogen and oxygen atoms in total. The maximum Gasteiger partial charge on any atom is 0.113 e. The Bertz CT molecular complexity index is 1470. The number of aryl methyl sites for hydroxylation is 2. The summed E-state index contributed by atoms with van der Waals surface area (Å²) < 4.78 is 2.44. The minimum atomic E-state index is -1.70. The van der Waals surface area contributed by atoms with Crippen molar-refractivity contribution in [1.29, 1.82) is 0 Å². The van der Waals surface area contributed by atoms with Crippen LogP contribution in [0.3, 0.4) is 0 Å². The van der Waals surface area contributed by atoms with Crippen LogP contribution >= 0.6 is 0 Å². The molecule has 4 aromatic carbocycles. The van der Waals surface area contributed by atoms with Crippen molar-refractivity contribution >= 4 is 40.3 Å². The molecule has 0 unspecified atom stereocenters. The third-order valence-electron chi connectivity index (χ3n) is 6.92. The van der Waals surface area contributed by atoms with E-state index in [1.807, 2.05) is 0 Å². The summed E-state index contributed by atoms with van der Waals surface area (Å²) >= 11 is 0. The number of benzene rings is 4. The van der Waals surface area contributed by atoms with Gasteiger partial charge in [0.2, 0.25) is 0 Å². The van der Waals surface area contributed by atoms with Crippen LogP contribution in [0.25, 0.3) is 38.6 Å². The minimum absolute atomic E-state index is 1.23. The van der Waals surface area contributed by atoms with Crippen molar-refractivity contribution in [2.24, 2.45) is 0 Å². The topological polar surface area (TPSA) is 4.93 Å². The Morgan fingerprint density at radius 3 is 2.20 bits per heavy atom. The third-order valence-corrected chi connectivity index (χ3v) is 10.4. The van der Waals surface area contributed by atoms with Gasteiger partial charge in [-0.05, 0) is 59.6 Å². The standard InChI is InChI=1S/C28H25NSi/c1-18-9-12-20(13-10-18)29-23-8-6-5-7-21(23)27-24(29)15-16-25-28(27)22-14-11-19(2)17-26(22)30(25,3)4/h5-17H,1-4H3. The number of hydrogen-bond donors (Lipinski definition) is 0. The van der Waals surface area contributed by atoms with Crippen molar-refractivity contribution < 1.29 is 0 Å². The van der Waals surface area contributed by atoms with Crippen LogP contribution in [0.5, 0.6) is 0 Å². The first kappa shape index (κ1) is 17.7. The molecule has 146 valence electrons. The Hall–Kier alpha value is -3.10. The first-order chi connectivity index (χ1) is 14.5. The molecule has 1 aromatic heterocycles. The van der Waals surface area contributed by atoms with E-state index < -0.39 is 8.07 Å². The first-order valence-electron chi connectivity index (χ1n) is 10.7. The van der Waals surface area contributed by atoms with Crippen molar-refractivity contribution in [3.63, 3.8) is 0 Å². The normalized spacial score (nSPS) is 14.3. The van der Waals surface area contributed by atoms with Crippen molar-refractivity contribution in [2.45, 2.75) is 26.9 Å². The molecule has 0 N–H and O–H groups in total. The van der Waals surface area contributed by atoms with Gasteiger partial charge >= 0.3 is 0 Å². The Morgan fingerprint density at radius 2 is 1.40 bits per heavy atom. The lowest BCUT2D eigenvalue weighted by Crippen LogP contribution is -2.49. The lowest BCUT2D eigenvalue weighted by Gasteiger charge is -2.19. The molecule has 0 radical (unpaired) electrons. The average molecular weight is 404 g/mol. The lowest BCUT2D eigenvalue weighted by atomic mass is 9.99. The number of rotatable bonds is 1. The van der Waals surface area contributed by atoms with Crippen LogP contribution < -0.4 is 10.4 Å². The molecule has 1 aliphatic rings. The molecular weight excluding hydrogens is 378 g/mol. The Morgan fingerprint density at radius 1 is 0.667 bits per heavy atom. The second-order valence-corrected chi connectivity index (χ2v) is 13.6. The van der Waals surface area contributed by atoms with Crippen LogP contribution in [0.1, 0.15) is 11.1 Å². The quantitative estimate of drug-likeness (QED) is 0.294. The smallest absolute Gasteiger partial charge is 0.113 e. The van der Waals surface area contributed by atoms with Gasteiger partial charge in [0.05, 0.1) is 11.0 Å². The third kappa shape index (κ3) is 2.23. The number of para-hydroxylation sites is 1. The Kier molecular flexibility index (Phi) is 3.52. The van der Waals surface area contributed by atoms with E-state index in [0.717, 1.165) is 0 Å². The van der Waals surface area contributed by atoms with Crippen LogP contribution in [0.15, 0.2) is 78.9 Å². The fourth-order valence-corrected chi connectivity index (χ4v) is 8.52. The highest BCUT2D eigenvalue weighted by Crippen LogP contribution is 2.40. The Balaban J connectivity index is 1.81. The molecule has 0 aliphatic carbocycles. The Labute approximate surface area is 178 Å². The predicted octanol–water partition coefficient (Wildman–Crippen LogP) is 6.20. The molecule has 6 rings (SSSR count). The van der Waals surface area contributed by atoms with Gasteiger partial charge in [-0.3, -0.25) is 0 Å². The molecule has 0 saturated carbocycles. The molecule has 0 amide bonds. The molecule has 5 aromatic rings. The van der Waals surface area contributed by atoms with Crippen molar-refractivity contribution in [3.8, 4) is 16.8 Å². The van der Waals surface area contributed by atoms with Gasteiger partial charge in [-0.15, -0.1) is 0 Å². The monoisotopic (exact) mass is 403 g/mol. The summed E-state index contributed by atoms with van der Waals surface area (Å²) in [4.78, 5) is 0. The molecular formula is C28H25NSi. The van der Waals surface area contributed by atoms with E-state index in [9.17, 15) is 0 Å². The summed E-state index contributed by atoms with van der Waals surface area (Å²) in [5.74, 6) is 0. The van der Waals surface area contributed by atoms with E-state index in [1.54, 1.807) is 10.4 Å². The van der Waals surface area contributed by atoms with Gasteiger partial charge in [-0.1, -0.05) is 78.8 Å². The van der Waals surface area contributed by atoms with Crippen LogP contribution in [0, 0.1) is 13.8 Å². The number of hydrogen-bond acceptors (Lipinski definition) is 0. The molecule has 0 atom stereocenters. The van der Waals surface area contributed by atoms with Crippen LogP contribution in [-0.4, -0.2) is 12.6 Å². The lowest BCUT2D eigenvalue weighted by molar-refractivity contribution is 1.17. The number of nitrogens with zero attached hydrogens (tertiary/aromatic N) is 1. The summed E-state index contributed by atoms with van der Waals surface area (Å²) in [5, 5.41) is 5.91. The molecule has 1 aliphatic heterocycles. The van der Waals surface area contributed by atoms with Gasteiger partial charge in [-0.2, -0.15) is 0 Å². The van der Waals surface area contributed by atoms with E-state index in [0.29, 0.717) is 0 Å². The van der Waals surface area contributed by atoms with Crippen LogP contribution in [0.2, 0.25) is 13.1 Å². The zero-order valence-corrected chi connectivity index (χ0v) is 19.0. The van der Waals surface area contributed by atoms with Crippen molar-refractivity contribution in [1.82, 2.24) is 4.57 Å². The van der Waals surface area contributed by atoms with Crippen LogP contribution in [0.4, 0.5) is 0 Å². The highest BCUT2D eigenvalue weighted by Gasteiger charge is 2.39. The zero-order chi connectivity index (χ0) is 20.6. The second kappa shape index (κ2) is 5.96. The highest BCUT2D eigenvalue weighted by atomic mass is 28.3. The van der Waals surface area contributed by atoms with Crippen LogP contribution in [-0.2, 0) is 0 Å². The molecule has 2 heterocycles. The number of aromatic nitrogens is 1. The second-order valence-electron chi connectivity index (χ2n) is 9.24.